The largest absolute Gasteiger partial charge is 0.334 e. The fraction of sp³-hybridized carbons (Fsp3) is 0.476. The van der Waals surface area contributed by atoms with E-state index in [1.807, 2.05) is 13.8 Å². The third-order valence-corrected chi connectivity index (χ3v) is 6.07. The Hall–Kier alpha value is -2.29. The van der Waals surface area contributed by atoms with E-state index < -0.39 is 12.2 Å². The highest BCUT2D eigenvalue weighted by Gasteiger charge is 2.51. The molecule has 2 aliphatic rings. The van der Waals surface area contributed by atoms with Gasteiger partial charge in [0.25, 0.3) is 0 Å². The SMILES string of the molecule is C=CCNC(=O)N1[C@H]2CN(Cc3ccc(Cl)cc3Cl)C(=O)[C@H](C(C)C)N2C(=O)CN1C. The van der Waals surface area contributed by atoms with Crippen molar-refractivity contribution < 1.29 is 14.4 Å². The van der Waals surface area contributed by atoms with Gasteiger partial charge in [-0.15, -0.1) is 6.58 Å². The topological polar surface area (TPSA) is 76.2 Å². The molecule has 2 heterocycles. The lowest BCUT2D eigenvalue weighted by atomic mass is 9.96. The summed E-state index contributed by atoms with van der Waals surface area (Å²) in [6.45, 7) is 8.13. The molecule has 3 rings (SSSR count). The Morgan fingerprint density at radius 1 is 1.32 bits per heavy atom. The molecule has 0 saturated carbocycles. The molecule has 4 amide bonds. The molecule has 2 fully saturated rings. The van der Waals surface area contributed by atoms with Crippen LogP contribution >= 0.6 is 23.2 Å². The van der Waals surface area contributed by atoms with Crippen molar-refractivity contribution in [3.05, 3.63) is 46.5 Å². The Bertz CT molecular complexity index is 894. The second-order valence-electron chi connectivity index (χ2n) is 8.06. The number of amides is 4. The van der Waals surface area contributed by atoms with Crippen molar-refractivity contribution in [1.29, 1.82) is 0 Å². The fourth-order valence-corrected chi connectivity index (χ4v) is 4.57. The molecule has 0 aromatic heterocycles. The van der Waals surface area contributed by atoms with Crippen LogP contribution in [0.1, 0.15) is 19.4 Å². The van der Waals surface area contributed by atoms with E-state index in [9.17, 15) is 14.4 Å². The van der Waals surface area contributed by atoms with Gasteiger partial charge >= 0.3 is 6.03 Å². The van der Waals surface area contributed by atoms with E-state index >= 15 is 0 Å². The molecule has 1 aromatic carbocycles. The number of halogens is 2. The van der Waals surface area contributed by atoms with Crippen LogP contribution in [0.3, 0.4) is 0 Å². The minimum absolute atomic E-state index is 0.0114. The second kappa shape index (κ2) is 9.46. The number of fused-ring (bicyclic) bond motifs is 1. The Kier molecular flexibility index (Phi) is 7.13. The Morgan fingerprint density at radius 2 is 2.03 bits per heavy atom. The Balaban J connectivity index is 1.97. The average molecular weight is 468 g/mol. The van der Waals surface area contributed by atoms with E-state index in [0.29, 0.717) is 16.6 Å². The van der Waals surface area contributed by atoms with Crippen LogP contribution in [-0.2, 0) is 16.1 Å². The Morgan fingerprint density at radius 3 is 2.65 bits per heavy atom. The number of carbonyl (C=O) groups excluding carboxylic acids is 3. The van der Waals surface area contributed by atoms with E-state index in [-0.39, 0.29) is 43.4 Å². The van der Waals surface area contributed by atoms with Gasteiger partial charge < -0.3 is 15.1 Å². The molecule has 0 radical (unpaired) electrons. The normalized spacial score (nSPS) is 22.1. The first-order valence-electron chi connectivity index (χ1n) is 10.1. The standard InChI is InChI=1S/C21H27Cl2N5O3/c1-5-8-24-21(31)28-17-11-26(10-14-6-7-15(22)9-16(14)23)20(30)19(13(2)3)27(17)18(29)12-25(28)4/h5-7,9,13,17,19H,1,8,10-12H2,2-4H3,(H,24,31)/t17-,19-/m0/s1. The summed E-state index contributed by atoms with van der Waals surface area (Å²) in [5, 5.41) is 6.82. The molecular formula is C21H27Cl2N5O3. The highest BCUT2D eigenvalue weighted by Crippen LogP contribution is 2.31. The minimum Gasteiger partial charge on any atom is -0.333 e. The summed E-state index contributed by atoms with van der Waals surface area (Å²) in [5.74, 6) is -0.484. The maximum atomic E-state index is 13.4. The number of piperazine rings is 1. The lowest BCUT2D eigenvalue weighted by Crippen LogP contribution is -2.76. The molecule has 0 bridgehead atoms. The number of likely N-dealkylation sites (N-methyl/N-ethyl adjacent to an activating group) is 1. The smallest absolute Gasteiger partial charge is 0.333 e. The molecule has 2 atom stereocenters. The van der Waals surface area contributed by atoms with Crippen LogP contribution in [0.5, 0.6) is 0 Å². The minimum atomic E-state index is -0.680. The van der Waals surface area contributed by atoms with Gasteiger partial charge in [-0.25, -0.2) is 14.8 Å². The summed E-state index contributed by atoms with van der Waals surface area (Å²) in [6, 6.07) is 4.09. The van der Waals surface area contributed by atoms with Crippen molar-refractivity contribution in [1.82, 2.24) is 25.1 Å². The van der Waals surface area contributed by atoms with Crippen LogP contribution in [0.2, 0.25) is 10.0 Å². The van der Waals surface area contributed by atoms with Crippen molar-refractivity contribution >= 4 is 41.0 Å². The third kappa shape index (κ3) is 4.66. The number of rotatable bonds is 5. The van der Waals surface area contributed by atoms with Crippen LogP contribution in [0.25, 0.3) is 0 Å². The molecule has 0 unspecified atom stereocenters. The van der Waals surface area contributed by atoms with Crippen molar-refractivity contribution in [2.75, 3.05) is 26.7 Å². The van der Waals surface area contributed by atoms with Gasteiger partial charge in [0.2, 0.25) is 11.8 Å². The van der Waals surface area contributed by atoms with Crippen molar-refractivity contribution in [2.24, 2.45) is 5.92 Å². The number of hydrogen-bond donors (Lipinski definition) is 1. The quantitative estimate of drug-likeness (QED) is 0.675. The van der Waals surface area contributed by atoms with Crippen molar-refractivity contribution in [2.45, 2.75) is 32.6 Å². The van der Waals surface area contributed by atoms with E-state index in [0.717, 1.165) is 5.56 Å². The molecule has 31 heavy (non-hydrogen) atoms. The van der Waals surface area contributed by atoms with Crippen LogP contribution < -0.4 is 5.32 Å². The summed E-state index contributed by atoms with van der Waals surface area (Å²) in [6.07, 6.45) is 0.952. The summed E-state index contributed by atoms with van der Waals surface area (Å²) in [5.41, 5.74) is 0.744. The predicted octanol–water partition coefficient (Wildman–Crippen LogP) is 2.57. The van der Waals surface area contributed by atoms with E-state index in [1.54, 1.807) is 46.1 Å². The van der Waals surface area contributed by atoms with Crippen molar-refractivity contribution in [3.63, 3.8) is 0 Å². The zero-order chi connectivity index (χ0) is 22.9. The molecular weight excluding hydrogens is 441 g/mol. The number of hydrazine groups is 1. The van der Waals surface area contributed by atoms with Crippen LogP contribution in [0.15, 0.2) is 30.9 Å². The van der Waals surface area contributed by atoms with Crippen LogP contribution in [0.4, 0.5) is 4.79 Å². The van der Waals surface area contributed by atoms with Gasteiger partial charge in [-0.3, -0.25) is 9.59 Å². The molecule has 0 aliphatic carbocycles. The van der Waals surface area contributed by atoms with E-state index in [2.05, 4.69) is 11.9 Å². The second-order valence-corrected chi connectivity index (χ2v) is 8.90. The Labute approximate surface area is 192 Å². The van der Waals surface area contributed by atoms with Gasteiger partial charge in [-0.1, -0.05) is 49.2 Å². The lowest BCUT2D eigenvalue weighted by Gasteiger charge is -2.55. The number of carbonyl (C=O) groups is 3. The number of hydrogen-bond acceptors (Lipinski definition) is 4. The monoisotopic (exact) mass is 467 g/mol. The molecule has 2 saturated heterocycles. The molecule has 0 spiro atoms. The zero-order valence-corrected chi connectivity index (χ0v) is 19.4. The maximum absolute atomic E-state index is 13.4. The van der Waals surface area contributed by atoms with Crippen LogP contribution in [0, 0.1) is 5.92 Å². The van der Waals surface area contributed by atoms with Gasteiger partial charge in [0, 0.05) is 30.2 Å². The number of urea groups is 1. The van der Waals surface area contributed by atoms with Gasteiger partial charge in [0.15, 0.2) is 0 Å². The molecule has 1 aromatic rings. The first-order valence-corrected chi connectivity index (χ1v) is 10.8. The highest BCUT2D eigenvalue weighted by atomic mass is 35.5. The summed E-state index contributed by atoms with van der Waals surface area (Å²) < 4.78 is 0. The summed E-state index contributed by atoms with van der Waals surface area (Å²) in [7, 11) is 1.68. The van der Waals surface area contributed by atoms with Crippen LogP contribution in [-0.4, -0.2) is 76.6 Å². The summed E-state index contributed by atoms with van der Waals surface area (Å²) >= 11 is 12.3. The van der Waals surface area contributed by atoms with Gasteiger partial charge in [0.05, 0.1) is 13.1 Å². The first kappa shape index (κ1) is 23.4. The summed E-state index contributed by atoms with van der Waals surface area (Å²) in [4.78, 5) is 42.4. The average Bonchev–Trinajstić information content (AvgIpc) is 2.69. The highest BCUT2D eigenvalue weighted by molar-refractivity contribution is 6.35. The van der Waals surface area contributed by atoms with Gasteiger partial charge in [-0.05, 0) is 23.6 Å². The maximum Gasteiger partial charge on any atom is 0.334 e. The van der Waals surface area contributed by atoms with E-state index in [1.165, 1.54) is 5.01 Å². The van der Waals surface area contributed by atoms with Crippen molar-refractivity contribution in [3.8, 4) is 0 Å². The first-order chi connectivity index (χ1) is 14.6. The zero-order valence-electron chi connectivity index (χ0n) is 17.8. The fourth-order valence-electron chi connectivity index (χ4n) is 4.10. The molecule has 168 valence electrons. The molecule has 2 aliphatic heterocycles. The third-order valence-electron chi connectivity index (χ3n) is 5.48. The molecule has 1 N–H and O–H groups in total. The predicted molar refractivity (Wildman–Crippen MR) is 119 cm³/mol. The van der Waals surface area contributed by atoms with Gasteiger partial charge in [0.1, 0.15) is 12.2 Å². The van der Waals surface area contributed by atoms with Gasteiger partial charge in [-0.2, -0.15) is 0 Å². The number of nitrogens with one attached hydrogen (secondary N) is 1. The number of nitrogens with zero attached hydrogens (tertiary/aromatic N) is 4. The molecule has 10 heteroatoms. The molecule has 8 nitrogen and oxygen atoms in total. The number of benzene rings is 1. The lowest BCUT2D eigenvalue weighted by molar-refractivity contribution is -0.190. The van der Waals surface area contributed by atoms with E-state index in [4.69, 9.17) is 23.2 Å².